The number of amides is 2. The molecule has 0 aliphatic carbocycles. The van der Waals surface area contributed by atoms with Crippen LogP contribution in [0.1, 0.15) is 47.7 Å². The summed E-state index contributed by atoms with van der Waals surface area (Å²) in [6, 6.07) is 9.61. The van der Waals surface area contributed by atoms with E-state index in [4.69, 9.17) is 0 Å². The van der Waals surface area contributed by atoms with Crippen LogP contribution in [0.3, 0.4) is 0 Å². The van der Waals surface area contributed by atoms with Crippen LogP contribution in [-0.4, -0.2) is 34.3 Å². The maximum Gasteiger partial charge on any atom is 0.255 e. The molecular weight excluding hydrogens is 326 g/mol. The highest BCUT2D eigenvalue weighted by molar-refractivity contribution is 6.08. The van der Waals surface area contributed by atoms with Gasteiger partial charge >= 0.3 is 0 Å². The molecule has 1 N–H and O–H groups in total. The van der Waals surface area contributed by atoms with Gasteiger partial charge in [-0.2, -0.15) is 0 Å². The lowest BCUT2D eigenvalue weighted by Crippen LogP contribution is -2.48. The van der Waals surface area contributed by atoms with Gasteiger partial charge < -0.3 is 10.2 Å². The summed E-state index contributed by atoms with van der Waals surface area (Å²) in [5.74, 6) is -0.0106. The Balaban J connectivity index is 1.76. The molecule has 0 radical (unpaired) electrons. The highest BCUT2D eigenvalue weighted by Gasteiger charge is 2.58. The molecule has 2 aromatic rings. The molecule has 1 spiro atoms. The molecule has 1 aromatic carbocycles. The van der Waals surface area contributed by atoms with Gasteiger partial charge in [-0.3, -0.25) is 14.6 Å². The second kappa shape index (κ2) is 6.24. The third-order valence-electron chi connectivity index (χ3n) is 5.70. The molecule has 2 atom stereocenters. The topological polar surface area (TPSA) is 62.3 Å². The molecule has 2 amide bonds. The number of fused-ring (bicyclic) bond motifs is 2. The monoisotopic (exact) mass is 349 g/mol. The molecule has 1 saturated heterocycles. The Morgan fingerprint density at radius 3 is 2.92 bits per heavy atom. The number of aryl methyl sites for hydroxylation is 1. The number of pyridine rings is 1. The summed E-state index contributed by atoms with van der Waals surface area (Å²) in [5.41, 5.74) is 2.82. The van der Waals surface area contributed by atoms with Crippen molar-refractivity contribution in [2.24, 2.45) is 0 Å². The first-order valence-electron chi connectivity index (χ1n) is 9.21. The van der Waals surface area contributed by atoms with Crippen LogP contribution >= 0.6 is 0 Å². The number of hydrogen-bond acceptors (Lipinski definition) is 3. The lowest BCUT2D eigenvalue weighted by atomic mass is 9.73. The van der Waals surface area contributed by atoms with Crippen molar-refractivity contribution in [2.75, 3.05) is 11.9 Å². The van der Waals surface area contributed by atoms with Gasteiger partial charge in [0.25, 0.3) is 5.91 Å². The van der Waals surface area contributed by atoms with Gasteiger partial charge in [-0.25, -0.2) is 0 Å². The summed E-state index contributed by atoms with van der Waals surface area (Å²) < 4.78 is 0. The average molecular weight is 349 g/mol. The first-order valence-corrected chi connectivity index (χ1v) is 9.21. The van der Waals surface area contributed by atoms with E-state index in [1.807, 2.05) is 42.2 Å². The highest BCUT2D eigenvalue weighted by atomic mass is 16.2. The molecule has 2 aliphatic heterocycles. The van der Waals surface area contributed by atoms with Crippen LogP contribution in [0.2, 0.25) is 0 Å². The van der Waals surface area contributed by atoms with E-state index >= 15 is 0 Å². The summed E-state index contributed by atoms with van der Waals surface area (Å²) in [7, 11) is 0. The molecule has 5 nitrogen and oxygen atoms in total. The molecule has 0 saturated carbocycles. The minimum Gasteiger partial charge on any atom is -0.334 e. The van der Waals surface area contributed by atoms with Gasteiger partial charge in [0, 0.05) is 24.6 Å². The third-order valence-corrected chi connectivity index (χ3v) is 5.70. The molecule has 2 aliphatic rings. The maximum atomic E-state index is 13.2. The molecule has 134 valence electrons. The summed E-state index contributed by atoms with van der Waals surface area (Å²) in [6.07, 6.45) is 5.73. The van der Waals surface area contributed by atoms with Crippen molar-refractivity contribution >= 4 is 17.5 Å². The number of likely N-dealkylation sites (tertiary alicyclic amines) is 1. The van der Waals surface area contributed by atoms with E-state index < -0.39 is 5.41 Å². The minimum absolute atomic E-state index is 0.0230. The number of rotatable bonds is 3. The molecular formula is C21H23N3O2. The molecule has 4 rings (SSSR count). The van der Waals surface area contributed by atoms with Crippen LogP contribution in [-0.2, 0) is 10.2 Å². The Labute approximate surface area is 153 Å². The second-order valence-electron chi connectivity index (χ2n) is 7.28. The number of para-hydroxylation sites is 1. The predicted molar refractivity (Wildman–Crippen MR) is 100 cm³/mol. The number of carbonyl (C=O) groups excluding carboxylic acids is 2. The van der Waals surface area contributed by atoms with Gasteiger partial charge in [-0.05, 0) is 43.0 Å². The zero-order chi connectivity index (χ0) is 18.3. The van der Waals surface area contributed by atoms with Crippen molar-refractivity contribution in [3.8, 4) is 0 Å². The molecule has 5 heteroatoms. The van der Waals surface area contributed by atoms with Gasteiger partial charge in [0.1, 0.15) is 0 Å². The Morgan fingerprint density at radius 2 is 2.15 bits per heavy atom. The molecule has 3 heterocycles. The van der Waals surface area contributed by atoms with E-state index in [0.717, 1.165) is 29.7 Å². The van der Waals surface area contributed by atoms with E-state index in [1.165, 1.54) is 0 Å². The Bertz CT molecular complexity index is 879. The van der Waals surface area contributed by atoms with Crippen molar-refractivity contribution in [1.29, 1.82) is 0 Å². The van der Waals surface area contributed by atoms with Gasteiger partial charge in [0.15, 0.2) is 0 Å². The minimum atomic E-state index is -0.639. The van der Waals surface area contributed by atoms with Gasteiger partial charge in [0.2, 0.25) is 5.91 Å². The number of nitrogens with one attached hydrogen (secondary N) is 1. The number of benzene rings is 1. The van der Waals surface area contributed by atoms with Crippen LogP contribution < -0.4 is 5.32 Å². The normalized spacial score (nSPS) is 24.0. The van der Waals surface area contributed by atoms with E-state index in [0.29, 0.717) is 18.5 Å². The zero-order valence-corrected chi connectivity index (χ0v) is 15.2. The average Bonchev–Trinajstić information content (AvgIpc) is 3.15. The summed E-state index contributed by atoms with van der Waals surface area (Å²) in [4.78, 5) is 32.3. The van der Waals surface area contributed by atoms with Gasteiger partial charge in [-0.15, -0.1) is 0 Å². The first kappa shape index (κ1) is 16.8. The lowest BCUT2D eigenvalue weighted by molar-refractivity contribution is -0.121. The smallest absolute Gasteiger partial charge is 0.255 e. The first-order chi connectivity index (χ1) is 12.6. The van der Waals surface area contributed by atoms with E-state index in [-0.39, 0.29) is 17.9 Å². The summed E-state index contributed by atoms with van der Waals surface area (Å²) >= 11 is 0. The standard InChI is InChI=1S/C21H23N3O2/c1-3-6-18-21(16-7-4-5-8-17(16)23-20(21)26)9-10-24(18)19(25)15-11-14(2)12-22-13-15/h4-5,7-8,11-13,18H,3,6,9-10H2,1-2H3,(H,23,26)/t18-,21+/m0/s1. The molecule has 0 bridgehead atoms. The Morgan fingerprint density at radius 1 is 1.35 bits per heavy atom. The highest BCUT2D eigenvalue weighted by Crippen LogP contribution is 2.49. The fourth-order valence-corrected chi connectivity index (χ4v) is 4.56. The number of carbonyl (C=O) groups is 2. The van der Waals surface area contributed by atoms with Gasteiger partial charge in [-0.1, -0.05) is 31.5 Å². The number of aromatic nitrogens is 1. The lowest BCUT2D eigenvalue weighted by Gasteiger charge is -2.34. The SMILES string of the molecule is CCC[C@@H]1N(C(=O)c2cncc(C)c2)CC[C@]12C(=O)Nc1ccccc12. The molecule has 1 fully saturated rings. The van der Waals surface area contributed by atoms with E-state index in [2.05, 4.69) is 17.2 Å². The van der Waals surface area contributed by atoms with E-state index in [1.54, 1.807) is 12.4 Å². The van der Waals surface area contributed by atoms with Crippen molar-refractivity contribution in [3.63, 3.8) is 0 Å². The Kier molecular flexibility index (Phi) is 4.02. The van der Waals surface area contributed by atoms with Crippen LogP contribution in [0.25, 0.3) is 0 Å². The number of nitrogens with zero attached hydrogens (tertiary/aromatic N) is 2. The molecule has 1 aromatic heterocycles. The van der Waals surface area contributed by atoms with Crippen LogP contribution in [0.5, 0.6) is 0 Å². The second-order valence-corrected chi connectivity index (χ2v) is 7.28. The fourth-order valence-electron chi connectivity index (χ4n) is 4.56. The Hall–Kier alpha value is -2.69. The molecule has 0 unspecified atom stereocenters. The molecule has 26 heavy (non-hydrogen) atoms. The maximum absolute atomic E-state index is 13.2. The quantitative estimate of drug-likeness (QED) is 0.925. The largest absolute Gasteiger partial charge is 0.334 e. The van der Waals surface area contributed by atoms with Crippen molar-refractivity contribution in [2.45, 2.75) is 44.6 Å². The predicted octanol–water partition coefficient (Wildman–Crippen LogP) is 3.29. The van der Waals surface area contributed by atoms with Gasteiger partial charge in [0.05, 0.1) is 17.0 Å². The third kappa shape index (κ3) is 2.34. The zero-order valence-electron chi connectivity index (χ0n) is 15.2. The van der Waals surface area contributed by atoms with Crippen LogP contribution in [0.15, 0.2) is 42.7 Å². The summed E-state index contributed by atoms with van der Waals surface area (Å²) in [6.45, 7) is 4.61. The van der Waals surface area contributed by atoms with Crippen molar-refractivity contribution in [1.82, 2.24) is 9.88 Å². The van der Waals surface area contributed by atoms with E-state index in [9.17, 15) is 9.59 Å². The van der Waals surface area contributed by atoms with Crippen molar-refractivity contribution < 1.29 is 9.59 Å². The summed E-state index contributed by atoms with van der Waals surface area (Å²) in [5, 5.41) is 3.04. The van der Waals surface area contributed by atoms with Crippen molar-refractivity contribution in [3.05, 3.63) is 59.4 Å². The fraction of sp³-hybridized carbons (Fsp3) is 0.381. The number of anilines is 1. The number of hydrogen-bond donors (Lipinski definition) is 1. The van der Waals surface area contributed by atoms with Crippen LogP contribution in [0, 0.1) is 6.92 Å². The van der Waals surface area contributed by atoms with Crippen LogP contribution in [0.4, 0.5) is 5.69 Å².